The second-order valence-electron chi connectivity index (χ2n) is 6.56. The highest BCUT2D eigenvalue weighted by atomic mass is 79.9. The lowest BCUT2D eigenvalue weighted by atomic mass is 9.89. The molecule has 0 aliphatic heterocycles. The molecule has 2 amide bonds. The third-order valence-corrected chi connectivity index (χ3v) is 5.18. The van der Waals surface area contributed by atoms with E-state index in [2.05, 4.69) is 36.8 Å². The number of amides is 2. The number of H-pyrrole nitrogens is 1. The summed E-state index contributed by atoms with van der Waals surface area (Å²) in [5.41, 5.74) is 2.05. The zero-order valence-electron chi connectivity index (χ0n) is 14.6. The van der Waals surface area contributed by atoms with Gasteiger partial charge in [-0.15, -0.1) is 0 Å². The van der Waals surface area contributed by atoms with Crippen molar-refractivity contribution in [3.05, 3.63) is 40.5 Å². The molecule has 0 atom stereocenters. The van der Waals surface area contributed by atoms with E-state index < -0.39 is 0 Å². The molecule has 0 unspecified atom stereocenters. The molecule has 138 valence electrons. The summed E-state index contributed by atoms with van der Waals surface area (Å²) in [6, 6.07) is 9.45. The third kappa shape index (κ3) is 4.94. The number of benzene rings is 1. The molecule has 3 N–H and O–H groups in total. The summed E-state index contributed by atoms with van der Waals surface area (Å²) in [5.74, 6) is 0.0197. The van der Waals surface area contributed by atoms with Crippen LogP contribution in [0, 0.1) is 5.92 Å². The first kappa shape index (κ1) is 18.6. The normalized spacial score (nSPS) is 14.8. The van der Waals surface area contributed by atoms with Crippen LogP contribution >= 0.6 is 15.9 Å². The van der Waals surface area contributed by atoms with Crippen LogP contribution in [-0.2, 0) is 4.79 Å². The van der Waals surface area contributed by atoms with E-state index in [1.807, 2.05) is 24.3 Å². The molecule has 1 saturated carbocycles. The van der Waals surface area contributed by atoms with Gasteiger partial charge in [0.25, 0.3) is 5.91 Å². The van der Waals surface area contributed by atoms with Gasteiger partial charge in [0.2, 0.25) is 5.91 Å². The average Bonchev–Trinajstić information content (AvgIpc) is 3.16. The van der Waals surface area contributed by atoms with Crippen LogP contribution in [0.3, 0.4) is 0 Å². The lowest BCUT2D eigenvalue weighted by molar-refractivity contribution is -0.125. The van der Waals surface area contributed by atoms with Crippen molar-refractivity contribution in [2.45, 2.75) is 32.1 Å². The minimum Gasteiger partial charge on any atom is -0.354 e. The molecule has 0 radical (unpaired) electrons. The summed E-state index contributed by atoms with van der Waals surface area (Å²) in [4.78, 5) is 24.2. The molecule has 2 aromatic rings. The molecular weight excluding hydrogens is 396 g/mol. The Morgan fingerprint density at radius 2 is 1.77 bits per heavy atom. The van der Waals surface area contributed by atoms with Crippen LogP contribution in [0.2, 0.25) is 0 Å². The molecule has 26 heavy (non-hydrogen) atoms. The Kier molecular flexibility index (Phi) is 6.44. The van der Waals surface area contributed by atoms with Crippen LogP contribution in [-0.4, -0.2) is 35.1 Å². The maximum absolute atomic E-state index is 12.2. The van der Waals surface area contributed by atoms with Gasteiger partial charge in [0, 0.05) is 29.0 Å². The largest absolute Gasteiger partial charge is 0.354 e. The van der Waals surface area contributed by atoms with Crippen molar-refractivity contribution in [3.8, 4) is 11.3 Å². The van der Waals surface area contributed by atoms with Gasteiger partial charge in [0.1, 0.15) is 5.69 Å². The van der Waals surface area contributed by atoms with Gasteiger partial charge in [0.05, 0.1) is 5.69 Å². The average molecular weight is 419 g/mol. The van der Waals surface area contributed by atoms with Gasteiger partial charge in [-0.25, -0.2) is 0 Å². The molecule has 0 bridgehead atoms. The quantitative estimate of drug-likeness (QED) is 0.629. The number of rotatable bonds is 6. The predicted octanol–water partition coefficient (Wildman–Crippen LogP) is 3.27. The van der Waals surface area contributed by atoms with Crippen molar-refractivity contribution in [1.29, 1.82) is 0 Å². The Morgan fingerprint density at radius 3 is 2.50 bits per heavy atom. The zero-order chi connectivity index (χ0) is 18.4. The molecule has 7 heteroatoms. The Hall–Kier alpha value is -2.15. The second kappa shape index (κ2) is 8.98. The van der Waals surface area contributed by atoms with E-state index in [0.29, 0.717) is 24.5 Å². The van der Waals surface area contributed by atoms with Crippen molar-refractivity contribution in [3.63, 3.8) is 0 Å². The number of aromatic nitrogens is 2. The van der Waals surface area contributed by atoms with Gasteiger partial charge in [-0.2, -0.15) is 5.10 Å². The van der Waals surface area contributed by atoms with Gasteiger partial charge >= 0.3 is 0 Å². The number of aromatic amines is 1. The SMILES string of the molecule is O=C(NCCNC(=O)C1CCCCC1)c1cc(-c2ccc(Br)cc2)n[nH]1. The monoisotopic (exact) mass is 418 g/mol. The number of hydrogen-bond acceptors (Lipinski definition) is 3. The minimum absolute atomic E-state index is 0.109. The van der Waals surface area contributed by atoms with Crippen molar-refractivity contribution < 1.29 is 9.59 Å². The van der Waals surface area contributed by atoms with E-state index in [1.165, 1.54) is 6.42 Å². The van der Waals surface area contributed by atoms with Gasteiger partial charge in [-0.1, -0.05) is 47.3 Å². The Balaban J connectivity index is 1.43. The van der Waals surface area contributed by atoms with Crippen molar-refractivity contribution in [2.75, 3.05) is 13.1 Å². The standard InChI is InChI=1S/C19H23BrN4O2/c20-15-8-6-13(7-9-15)16-12-17(24-23-16)19(26)22-11-10-21-18(25)14-4-2-1-3-5-14/h6-9,12,14H,1-5,10-11H2,(H,21,25)(H,22,26)(H,23,24). The fraction of sp³-hybridized carbons (Fsp3) is 0.421. The molecule has 3 rings (SSSR count). The van der Waals surface area contributed by atoms with Gasteiger partial charge in [-0.3, -0.25) is 14.7 Å². The molecular formula is C19H23BrN4O2. The summed E-state index contributed by atoms with van der Waals surface area (Å²) in [6.45, 7) is 0.832. The minimum atomic E-state index is -0.229. The number of halogens is 1. The van der Waals surface area contributed by atoms with E-state index >= 15 is 0 Å². The van der Waals surface area contributed by atoms with E-state index in [-0.39, 0.29) is 17.7 Å². The zero-order valence-corrected chi connectivity index (χ0v) is 16.1. The van der Waals surface area contributed by atoms with Crippen LogP contribution in [0.25, 0.3) is 11.3 Å². The molecule has 6 nitrogen and oxygen atoms in total. The molecule has 0 saturated heterocycles. The lowest BCUT2D eigenvalue weighted by Gasteiger charge is -2.20. The van der Waals surface area contributed by atoms with Crippen LogP contribution in [0.5, 0.6) is 0 Å². The van der Waals surface area contributed by atoms with Crippen LogP contribution < -0.4 is 10.6 Å². The number of hydrogen-bond donors (Lipinski definition) is 3. The van der Waals surface area contributed by atoms with Crippen LogP contribution in [0.15, 0.2) is 34.8 Å². The fourth-order valence-corrected chi connectivity index (χ4v) is 3.44. The van der Waals surface area contributed by atoms with E-state index in [0.717, 1.165) is 35.7 Å². The fourth-order valence-electron chi connectivity index (χ4n) is 3.17. The van der Waals surface area contributed by atoms with E-state index in [9.17, 15) is 9.59 Å². The Morgan fingerprint density at radius 1 is 1.08 bits per heavy atom. The smallest absolute Gasteiger partial charge is 0.269 e. The van der Waals surface area contributed by atoms with Crippen molar-refractivity contribution >= 4 is 27.7 Å². The maximum atomic E-state index is 12.2. The van der Waals surface area contributed by atoms with E-state index in [4.69, 9.17) is 0 Å². The highest BCUT2D eigenvalue weighted by molar-refractivity contribution is 9.10. The van der Waals surface area contributed by atoms with E-state index in [1.54, 1.807) is 6.07 Å². The predicted molar refractivity (Wildman–Crippen MR) is 104 cm³/mol. The Bertz CT molecular complexity index is 751. The van der Waals surface area contributed by atoms with Gasteiger partial charge in [0.15, 0.2) is 0 Å². The summed E-state index contributed by atoms with van der Waals surface area (Å²) in [5, 5.41) is 12.7. The van der Waals surface area contributed by atoms with Gasteiger partial charge in [-0.05, 0) is 31.0 Å². The number of carbonyl (C=O) groups is 2. The van der Waals surface area contributed by atoms with Crippen molar-refractivity contribution in [1.82, 2.24) is 20.8 Å². The summed E-state index contributed by atoms with van der Waals surface area (Å²) >= 11 is 3.39. The topological polar surface area (TPSA) is 86.9 Å². The summed E-state index contributed by atoms with van der Waals surface area (Å²) < 4.78 is 0.991. The first-order valence-corrected chi connectivity index (χ1v) is 9.80. The third-order valence-electron chi connectivity index (χ3n) is 4.65. The molecule has 1 aliphatic rings. The Labute approximate surface area is 161 Å². The molecule has 1 heterocycles. The summed E-state index contributed by atoms with van der Waals surface area (Å²) in [6.07, 6.45) is 5.45. The highest BCUT2D eigenvalue weighted by Crippen LogP contribution is 2.23. The highest BCUT2D eigenvalue weighted by Gasteiger charge is 2.20. The second-order valence-corrected chi connectivity index (χ2v) is 7.47. The first-order chi connectivity index (χ1) is 12.6. The number of nitrogens with one attached hydrogen (secondary N) is 3. The van der Waals surface area contributed by atoms with Crippen LogP contribution in [0.4, 0.5) is 0 Å². The van der Waals surface area contributed by atoms with Gasteiger partial charge < -0.3 is 10.6 Å². The lowest BCUT2D eigenvalue weighted by Crippen LogP contribution is -2.38. The number of carbonyl (C=O) groups excluding carboxylic acids is 2. The molecule has 1 fully saturated rings. The van der Waals surface area contributed by atoms with Crippen LogP contribution in [0.1, 0.15) is 42.6 Å². The summed E-state index contributed by atoms with van der Waals surface area (Å²) in [7, 11) is 0. The maximum Gasteiger partial charge on any atom is 0.269 e. The molecule has 1 aliphatic carbocycles. The molecule has 1 aromatic heterocycles. The molecule has 0 spiro atoms. The number of nitrogens with zero attached hydrogens (tertiary/aromatic N) is 1. The first-order valence-electron chi connectivity index (χ1n) is 9.01. The molecule has 1 aromatic carbocycles. The van der Waals surface area contributed by atoms with Crippen molar-refractivity contribution in [2.24, 2.45) is 5.92 Å².